The van der Waals surface area contributed by atoms with Crippen LogP contribution in [0.5, 0.6) is 0 Å². The van der Waals surface area contributed by atoms with Gasteiger partial charge in [-0.15, -0.1) is 0 Å². The number of aromatic nitrogens is 1. The third-order valence-corrected chi connectivity index (χ3v) is 2.96. The highest BCUT2D eigenvalue weighted by molar-refractivity contribution is 5.25. The molecule has 1 aromatic heterocycles. The number of rotatable bonds is 5. The molecular formula is C16H17N3. The van der Waals surface area contributed by atoms with Gasteiger partial charge in [0.05, 0.1) is 17.7 Å². The Hall–Kier alpha value is -2.18. The number of nitrogens with zero attached hydrogens (tertiary/aromatic N) is 2. The van der Waals surface area contributed by atoms with Crippen LogP contribution in [-0.4, -0.2) is 11.5 Å². The highest BCUT2D eigenvalue weighted by atomic mass is 14.9. The lowest BCUT2D eigenvalue weighted by molar-refractivity contribution is 0.642. The highest BCUT2D eigenvalue weighted by Gasteiger charge is 2.09. The van der Waals surface area contributed by atoms with Crippen molar-refractivity contribution >= 4 is 0 Å². The van der Waals surface area contributed by atoms with Crippen LogP contribution in [0.25, 0.3) is 0 Å². The zero-order valence-corrected chi connectivity index (χ0v) is 11.0. The van der Waals surface area contributed by atoms with Crippen molar-refractivity contribution in [2.45, 2.75) is 19.4 Å². The minimum absolute atomic E-state index is 0.119. The summed E-state index contributed by atoms with van der Waals surface area (Å²) in [6.07, 6.45) is 0. The largest absolute Gasteiger partial charge is 0.310 e. The molecule has 0 radical (unpaired) electrons. The Balaban J connectivity index is 1.90. The van der Waals surface area contributed by atoms with Crippen LogP contribution in [0.3, 0.4) is 0 Å². The maximum absolute atomic E-state index is 9.22. The molecule has 96 valence electrons. The van der Waals surface area contributed by atoms with Crippen LogP contribution < -0.4 is 5.32 Å². The van der Waals surface area contributed by atoms with Gasteiger partial charge in [0.25, 0.3) is 0 Å². The van der Waals surface area contributed by atoms with Gasteiger partial charge >= 0.3 is 0 Å². The molecule has 1 atom stereocenters. The zero-order valence-electron chi connectivity index (χ0n) is 11.0. The van der Waals surface area contributed by atoms with Crippen molar-refractivity contribution in [1.29, 1.82) is 5.26 Å². The van der Waals surface area contributed by atoms with Crippen molar-refractivity contribution in [3.63, 3.8) is 0 Å². The fraction of sp³-hybridized carbons (Fsp3) is 0.250. The maximum atomic E-state index is 9.22. The Bertz CT molecular complexity index is 558. The van der Waals surface area contributed by atoms with E-state index in [4.69, 9.17) is 0 Å². The summed E-state index contributed by atoms with van der Waals surface area (Å²) in [5, 5.41) is 12.5. The van der Waals surface area contributed by atoms with E-state index in [1.807, 2.05) is 55.5 Å². The first kappa shape index (κ1) is 13.3. The van der Waals surface area contributed by atoms with Crippen LogP contribution in [0.4, 0.5) is 0 Å². The minimum atomic E-state index is -0.119. The second-order valence-corrected chi connectivity index (χ2v) is 4.49. The molecular weight excluding hydrogens is 234 g/mol. The van der Waals surface area contributed by atoms with Crippen molar-refractivity contribution in [2.24, 2.45) is 0 Å². The molecule has 0 spiro atoms. The molecule has 1 aromatic carbocycles. The molecule has 3 nitrogen and oxygen atoms in total. The standard InChI is InChI=1S/C16H17N3/c1-13-6-5-9-16(19-13)12-18-11-15(10-17)14-7-3-2-4-8-14/h2-9,15,18H,11-12H2,1H3. The summed E-state index contributed by atoms with van der Waals surface area (Å²) in [5.74, 6) is -0.119. The lowest BCUT2D eigenvalue weighted by atomic mass is 10.0. The predicted octanol–water partition coefficient (Wildman–Crippen LogP) is 2.79. The summed E-state index contributed by atoms with van der Waals surface area (Å²) in [5.41, 5.74) is 3.07. The normalized spacial score (nSPS) is 11.8. The molecule has 2 aromatic rings. The van der Waals surface area contributed by atoms with Crippen LogP contribution in [0.1, 0.15) is 22.9 Å². The van der Waals surface area contributed by atoms with Gasteiger partial charge in [-0.2, -0.15) is 5.26 Å². The number of nitrogens with one attached hydrogen (secondary N) is 1. The Morgan fingerprint density at radius 3 is 2.63 bits per heavy atom. The van der Waals surface area contributed by atoms with Gasteiger partial charge in [0.15, 0.2) is 0 Å². The number of aryl methyl sites for hydroxylation is 1. The number of pyridine rings is 1. The van der Waals surface area contributed by atoms with Gasteiger partial charge in [0.1, 0.15) is 0 Å². The van der Waals surface area contributed by atoms with Crippen molar-refractivity contribution in [3.8, 4) is 6.07 Å². The Morgan fingerprint density at radius 2 is 1.95 bits per heavy atom. The monoisotopic (exact) mass is 251 g/mol. The summed E-state index contributed by atoms with van der Waals surface area (Å²) in [7, 11) is 0. The van der Waals surface area contributed by atoms with E-state index in [0.29, 0.717) is 13.1 Å². The van der Waals surface area contributed by atoms with Gasteiger partial charge in [0.2, 0.25) is 0 Å². The molecule has 1 unspecified atom stereocenters. The molecule has 0 saturated heterocycles. The lowest BCUT2D eigenvalue weighted by Gasteiger charge is -2.10. The van der Waals surface area contributed by atoms with Crippen LogP contribution in [0, 0.1) is 18.3 Å². The van der Waals surface area contributed by atoms with Gasteiger partial charge in [-0.1, -0.05) is 36.4 Å². The van der Waals surface area contributed by atoms with Crippen LogP contribution in [0.2, 0.25) is 0 Å². The average Bonchev–Trinajstić information content (AvgIpc) is 2.45. The Morgan fingerprint density at radius 1 is 1.16 bits per heavy atom. The van der Waals surface area contributed by atoms with Crippen molar-refractivity contribution in [3.05, 3.63) is 65.5 Å². The SMILES string of the molecule is Cc1cccc(CNCC(C#N)c2ccccc2)n1. The first-order valence-electron chi connectivity index (χ1n) is 6.37. The third kappa shape index (κ3) is 3.90. The molecule has 1 N–H and O–H groups in total. The van der Waals surface area contributed by atoms with Crippen molar-refractivity contribution in [2.75, 3.05) is 6.54 Å². The van der Waals surface area contributed by atoms with Gasteiger partial charge < -0.3 is 5.32 Å². The van der Waals surface area contributed by atoms with Gasteiger partial charge in [-0.05, 0) is 24.6 Å². The van der Waals surface area contributed by atoms with Crippen LogP contribution in [-0.2, 0) is 6.54 Å². The Labute approximate surface area is 113 Å². The fourth-order valence-corrected chi connectivity index (χ4v) is 1.97. The summed E-state index contributed by atoms with van der Waals surface area (Å²) < 4.78 is 0. The smallest absolute Gasteiger partial charge is 0.0837 e. The topological polar surface area (TPSA) is 48.7 Å². The molecule has 0 aliphatic carbocycles. The summed E-state index contributed by atoms with van der Waals surface area (Å²) in [4.78, 5) is 4.42. The molecule has 0 amide bonds. The van der Waals surface area contributed by atoms with Gasteiger partial charge in [-0.3, -0.25) is 4.98 Å². The molecule has 0 saturated carbocycles. The van der Waals surface area contributed by atoms with E-state index in [1.165, 1.54) is 0 Å². The van der Waals surface area contributed by atoms with E-state index in [-0.39, 0.29) is 5.92 Å². The molecule has 0 fully saturated rings. The number of hydrogen-bond acceptors (Lipinski definition) is 3. The molecule has 0 aliphatic heterocycles. The second kappa shape index (κ2) is 6.67. The number of benzene rings is 1. The lowest BCUT2D eigenvalue weighted by Crippen LogP contribution is -2.21. The second-order valence-electron chi connectivity index (χ2n) is 4.49. The van der Waals surface area contributed by atoms with Gasteiger partial charge in [0, 0.05) is 18.8 Å². The fourth-order valence-electron chi connectivity index (χ4n) is 1.97. The Kier molecular flexibility index (Phi) is 4.66. The van der Waals surface area contributed by atoms with E-state index in [2.05, 4.69) is 16.4 Å². The minimum Gasteiger partial charge on any atom is -0.310 e. The molecule has 19 heavy (non-hydrogen) atoms. The quantitative estimate of drug-likeness (QED) is 0.889. The van der Waals surface area contributed by atoms with E-state index < -0.39 is 0 Å². The summed E-state index contributed by atoms with van der Waals surface area (Å²) >= 11 is 0. The predicted molar refractivity (Wildman–Crippen MR) is 75.5 cm³/mol. The van der Waals surface area contributed by atoms with Crippen LogP contribution >= 0.6 is 0 Å². The van der Waals surface area contributed by atoms with E-state index in [9.17, 15) is 5.26 Å². The van der Waals surface area contributed by atoms with E-state index >= 15 is 0 Å². The molecule has 3 heteroatoms. The van der Waals surface area contributed by atoms with E-state index in [1.54, 1.807) is 0 Å². The van der Waals surface area contributed by atoms with Gasteiger partial charge in [-0.25, -0.2) is 0 Å². The number of hydrogen-bond donors (Lipinski definition) is 1. The average molecular weight is 251 g/mol. The summed E-state index contributed by atoms with van der Waals surface area (Å²) in [6.45, 7) is 3.30. The zero-order chi connectivity index (χ0) is 13.5. The third-order valence-electron chi connectivity index (χ3n) is 2.96. The molecule has 0 bridgehead atoms. The first-order chi connectivity index (χ1) is 9.29. The molecule has 2 rings (SSSR count). The molecule has 1 heterocycles. The maximum Gasteiger partial charge on any atom is 0.0837 e. The first-order valence-corrected chi connectivity index (χ1v) is 6.37. The van der Waals surface area contributed by atoms with E-state index in [0.717, 1.165) is 17.0 Å². The summed E-state index contributed by atoms with van der Waals surface area (Å²) in [6, 6.07) is 18.2. The van der Waals surface area contributed by atoms with Crippen molar-refractivity contribution in [1.82, 2.24) is 10.3 Å². The highest BCUT2D eigenvalue weighted by Crippen LogP contribution is 2.13. The molecule has 0 aliphatic rings. The van der Waals surface area contributed by atoms with Crippen LogP contribution in [0.15, 0.2) is 48.5 Å². The number of nitriles is 1. The van der Waals surface area contributed by atoms with Crippen molar-refractivity contribution < 1.29 is 0 Å².